The second-order valence-electron chi connectivity index (χ2n) is 8.61. The predicted molar refractivity (Wildman–Crippen MR) is 117 cm³/mol. The molecule has 0 fully saturated rings. The van der Waals surface area contributed by atoms with E-state index in [9.17, 15) is 0 Å². The van der Waals surface area contributed by atoms with Crippen molar-refractivity contribution in [1.82, 2.24) is 0 Å². The molecule has 0 saturated carbocycles. The van der Waals surface area contributed by atoms with Crippen molar-refractivity contribution in [2.75, 3.05) is 0 Å². The number of rotatable bonds is 10. The Hall–Kier alpha value is 0.164. The van der Waals surface area contributed by atoms with Gasteiger partial charge in [0, 0.05) is 0 Å². The predicted octanol–water partition coefficient (Wildman–Crippen LogP) is 7.43. The molecular weight excluding hydrogens is 394 g/mol. The number of hydrogen-bond acceptors (Lipinski definition) is 0. The van der Waals surface area contributed by atoms with Crippen LogP contribution in [0.5, 0.6) is 0 Å². The molecule has 0 atom stereocenters. The van der Waals surface area contributed by atoms with E-state index in [1.807, 2.05) is 3.59 Å². The molecule has 0 saturated heterocycles. The van der Waals surface area contributed by atoms with Gasteiger partial charge in [0.25, 0.3) is 0 Å². The molecule has 0 nitrogen and oxygen atoms in total. The Morgan fingerprint density at radius 2 is 1.46 bits per heavy atom. The van der Waals surface area contributed by atoms with Gasteiger partial charge < -0.3 is 0 Å². The molecule has 0 amide bonds. The summed E-state index contributed by atoms with van der Waals surface area (Å²) in [6.45, 7) is 16.5. The maximum absolute atomic E-state index is 3.85. The van der Waals surface area contributed by atoms with E-state index in [2.05, 4.69) is 70.1 Å². The Bertz CT molecular complexity index is 431. The van der Waals surface area contributed by atoms with E-state index < -0.39 is 25.9 Å². The minimum absolute atomic E-state index is 0.627. The van der Waals surface area contributed by atoms with Gasteiger partial charge in [-0.15, -0.1) is 0 Å². The van der Waals surface area contributed by atoms with Gasteiger partial charge in [-0.2, -0.15) is 0 Å². The first-order valence-electron chi connectivity index (χ1n) is 10.5. The quantitative estimate of drug-likeness (QED) is 0.246. The van der Waals surface area contributed by atoms with E-state index in [1.54, 1.807) is 5.47 Å². The first kappa shape index (κ1) is 24.2. The van der Waals surface area contributed by atoms with Crippen LogP contribution >= 0.6 is 0 Å². The van der Waals surface area contributed by atoms with Gasteiger partial charge >= 0.3 is 162 Å². The molecule has 0 aliphatic carbocycles. The summed E-state index contributed by atoms with van der Waals surface area (Å²) in [4.78, 5) is 5.15. The van der Waals surface area contributed by atoms with E-state index in [4.69, 9.17) is 0 Å². The zero-order valence-corrected chi connectivity index (χ0v) is 21.0. The summed E-state index contributed by atoms with van der Waals surface area (Å²) in [7, 11) is 0. The summed E-state index contributed by atoms with van der Waals surface area (Å²) in [6, 6.07) is 0. The van der Waals surface area contributed by atoms with Gasteiger partial charge in [-0.1, -0.05) is 0 Å². The van der Waals surface area contributed by atoms with E-state index in [0.717, 1.165) is 18.3 Å². The average Bonchev–Trinajstić information content (AvgIpc) is 2.52. The molecule has 2 heteroatoms. The molecule has 0 aromatic heterocycles. The Morgan fingerprint density at radius 3 is 1.83 bits per heavy atom. The van der Waals surface area contributed by atoms with E-state index in [-0.39, 0.29) is 0 Å². The molecule has 0 aromatic rings. The minimum atomic E-state index is -1.37. The zero-order valence-electron chi connectivity index (χ0n) is 18.2. The van der Waals surface area contributed by atoms with Crippen LogP contribution < -0.4 is 0 Å². The summed E-state index contributed by atoms with van der Waals surface area (Å²) in [5.74, 6) is 9.02. The zero-order chi connectivity index (χ0) is 18.8. The maximum atomic E-state index is 3.85. The summed E-state index contributed by atoms with van der Waals surface area (Å²) < 4.78 is 1.91. The normalized spacial score (nSPS) is 13.0. The topological polar surface area (TPSA) is 0 Å². The average molecular weight is 437 g/mol. The van der Waals surface area contributed by atoms with E-state index >= 15 is 0 Å². The van der Waals surface area contributed by atoms with Crippen molar-refractivity contribution in [3.05, 3.63) is 9.06 Å². The van der Waals surface area contributed by atoms with Crippen LogP contribution in [0.25, 0.3) is 0 Å². The molecule has 0 radical (unpaired) electrons. The van der Waals surface area contributed by atoms with Crippen LogP contribution in [0.2, 0.25) is 22.5 Å². The van der Waals surface area contributed by atoms with Crippen molar-refractivity contribution in [2.45, 2.75) is 103 Å². The Labute approximate surface area is 161 Å². The van der Waals surface area contributed by atoms with Crippen LogP contribution in [0.1, 0.15) is 80.6 Å². The number of allylic oxidation sites excluding steroid dienone is 2. The van der Waals surface area contributed by atoms with Gasteiger partial charge in [-0.3, -0.25) is 0 Å². The van der Waals surface area contributed by atoms with Crippen molar-refractivity contribution in [2.24, 2.45) is 11.8 Å². The summed E-state index contributed by atoms with van der Waals surface area (Å²) in [5, 5.41) is 0. The van der Waals surface area contributed by atoms with E-state index in [0.29, 0.717) is 0 Å². The molecular formula is C22H43BSn. The van der Waals surface area contributed by atoms with Crippen LogP contribution in [0.15, 0.2) is 9.06 Å². The third kappa shape index (κ3) is 8.03. The molecule has 138 valence electrons. The third-order valence-corrected chi connectivity index (χ3v) is 10.7. The molecule has 24 heavy (non-hydrogen) atoms. The van der Waals surface area contributed by atoms with Crippen LogP contribution in [0, 0.1) is 23.6 Å². The van der Waals surface area contributed by atoms with Crippen molar-refractivity contribution in [3.63, 3.8) is 0 Å². The molecule has 0 rings (SSSR count). The molecule has 0 heterocycles. The Kier molecular flexibility index (Phi) is 12.6. The van der Waals surface area contributed by atoms with Crippen molar-refractivity contribution in [3.8, 4) is 11.7 Å². The molecule has 0 spiro atoms. The molecule has 0 bridgehead atoms. The first-order chi connectivity index (χ1) is 11.2. The molecule has 0 unspecified atom stereocenters. The Balaban J connectivity index is 5.76. The van der Waals surface area contributed by atoms with Gasteiger partial charge in [-0.05, 0) is 0 Å². The van der Waals surface area contributed by atoms with Gasteiger partial charge in [0.05, 0.1) is 0 Å². The van der Waals surface area contributed by atoms with Crippen LogP contribution in [0.3, 0.4) is 0 Å². The third-order valence-electron chi connectivity index (χ3n) is 5.63. The van der Waals surface area contributed by atoms with Crippen LogP contribution in [0.4, 0.5) is 0 Å². The van der Waals surface area contributed by atoms with Crippen LogP contribution in [-0.2, 0) is 0 Å². The molecule has 0 aliphatic rings. The summed E-state index contributed by atoms with van der Waals surface area (Å²) in [5.41, 5.74) is 1.80. The molecule has 0 N–H and O–H groups in total. The molecule has 0 aliphatic heterocycles. The van der Waals surface area contributed by atoms with Crippen LogP contribution in [-0.4, -0.2) is 25.9 Å². The SMILES string of the molecule is CC/C(=[C](\CCC(C)C)[Sn+]([CH3])[CH3])[B-](C#CCCC(C)C)(CC)CC. The van der Waals surface area contributed by atoms with Gasteiger partial charge in [0.1, 0.15) is 0 Å². The van der Waals surface area contributed by atoms with Crippen molar-refractivity contribution >= 4 is 25.9 Å². The molecule has 0 aromatic carbocycles. The first-order valence-corrected chi connectivity index (χ1v) is 17.6. The summed E-state index contributed by atoms with van der Waals surface area (Å²) >= 11 is -1.37. The fourth-order valence-corrected chi connectivity index (χ4v) is 8.77. The second kappa shape index (κ2) is 12.5. The fourth-order valence-electron chi connectivity index (χ4n) is 3.80. The van der Waals surface area contributed by atoms with Gasteiger partial charge in [0.15, 0.2) is 0 Å². The standard InChI is InChI=1S/C20H37B.2CH3.Sn/c1-8-20(16-13-15-19(6)7)21(9-2,10-3)17-12-11-14-18(4)5;;;/h18-19H,8-11,13-15H2,1-7H3;2*1H3;/q-1;;;+1. The van der Waals surface area contributed by atoms with Gasteiger partial charge in [0.2, 0.25) is 0 Å². The monoisotopic (exact) mass is 438 g/mol. The van der Waals surface area contributed by atoms with Gasteiger partial charge in [-0.25, -0.2) is 0 Å². The fraction of sp³-hybridized carbons (Fsp3) is 0.818. The van der Waals surface area contributed by atoms with Crippen molar-refractivity contribution < 1.29 is 0 Å². The van der Waals surface area contributed by atoms with Crippen molar-refractivity contribution in [1.29, 1.82) is 0 Å². The number of hydrogen-bond donors (Lipinski definition) is 0. The summed E-state index contributed by atoms with van der Waals surface area (Å²) in [6.07, 6.45) is 8.07. The second-order valence-corrected chi connectivity index (χ2v) is 16.0. The Morgan fingerprint density at radius 1 is 0.917 bits per heavy atom. The van der Waals surface area contributed by atoms with E-state index in [1.165, 1.54) is 38.3 Å².